The van der Waals surface area contributed by atoms with Gasteiger partial charge in [0.15, 0.2) is 0 Å². The summed E-state index contributed by atoms with van der Waals surface area (Å²) >= 11 is 0. The number of hydrogen-bond donors (Lipinski definition) is 3. The summed E-state index contributed by atoms with van der Waals surface area (Å²) < 4.78 is 0. The van der Waals surface area contributed by atoms with E-state index < -0.39 is 0 Å². The van der Waals surface area contributed by atoms with Crippen molar-refractivity contribution in [3.8, 4) is 0 Å². The Hall–Kier alpha value is -4.39. The van der Waals surface area contributed by atoms with Gasteiger partial charge in [-0.3, -0.25) is 14.4 Å². The van der Waals surface area contributed by atoms with E-state index in [-0.39, 0.29) is 24.3 Å². The molecule has 7 nitrogen and oxygen atoms in total. The van der Waals surface area contributed by atoms with Gasteiger partial charge in [0.05, 0.1) is 17.8 Å². The maximum Gasteiger partial charge on any atom is 0.258 e. The molecule has 3 N–H and O–H groups in total. The summed E-state index contributed by atoms with van der Waals surface area (Å²) in [6.07, 6.45) is 0. The summed E-state index contributed by atoms with van der Waals surface area (Å²) in [6, 6.07) is 24.6. The van der Waals surface area contributed by atoms with Gasteiger partial charge in [0.1, 0.15) is 0 Å². The van der Waals surface area contributed by atoms with Crippen LogP contribution in [0.3, 0.4) is 0 Å². The zero-order valence-electron chi connectivity index (χ0n) is 18.4. The molecule has 1 aliphatic heterocycles. The van der Waals surface area contributed by atoms with Crippen molar-refractivity contribution in [3.63, 3.8) is 0 Å². The van der Waals surface area contributed by atoms with E-state index in [0.717, 1.165) is 22.5 Å². The number of benzene rings is 3. The SMILES string of the molecule is CC(=O)NCC(=O)N(C)c1ccc(N/C(=C2\C(=O)Nc3ccccc32)c2ccccc2)cc1. The quantitative estimate of drug-likeness (QED) is 0.510. The van der Waals surface area contributed by atoms with Gasteiger partial charge in [0.25, 0.3) is 5.91 Å². The second-order valence-corrected chi connectivity index (χ2v) is 7.65. The second kappa shape index (κ2) is 9.40. The van der Waals surface area contributed by atoms with E-state index in [2.05, 4.69) is 16.0 Å². The van der Waals surface area contributed by atoms with Crippen molar-refractivity contribution in [1.82, 2.24) is 5.32 Å². The van der Waals surface area contributed by atoms with Crippen LogP contribution in [0.2, 0.25) is 0 Å². The Bertz CT molecular complexity index is 1230. The predicted octanol–water partition coefficient (Wildman–Crippen LogP) is 3.72. The second-order valence-electron chi connectivity index (χ2n) is 7.65. The van der Waals surface area contributed by atoms with E-state index in [4.69, 9.17) is 0 Å². The molecule has 3 aromatic rings. The topological polar surface area (TPSA) is 90.5 Å². The van der Waals surface area contributed by atoms with Crippen molar-refractivity contribution in [2.75, 3.05) is 29.1 Å². The van der Waals surface area contributed by atoms with Gasteiger partial charge in [-0.2, -0.15) is 0 Å². The molecule has 0 aromatic heterocycles. The van der Waals surface area contributed by atoms with Gasteiger partial charge in [-0.05, 0) is 35.9 Å². The minimum atomic E-state index is -0.254. The minimum Gasteiger partial charge on any atom is -0.354 e. The average molecular weight is 441 g/mol. The van der Waals surface area contributed by atoms with Crippen LogP contribution >= 0.6 is 0 Å². The normalized spacial score (nSPS) is 13.6. The van der Waals surface area contributed by atoms with Crippen LogP contribution in [0.4, 0.5) is 17.1 Å². The number of carbonyl (C=O) groups excluding carboxylic acids is 3. The molecule has 0 saturated heterocycles. The van der Waals surface area contributed by atoms with E-state index in [9.17, 15) is 14.4 Å². The molecule has 33 heavy (non-hydrogen) atoms. The maximum absolute atomic E-state index is 12.9. The Balaban J connectivity index is 1.64. The average Bonchev–Trinajstić information content (AvgIpc) is 3.17. The van der Waals surface area contributed by atoms with Crippen LogP contribution in [0.25, 0.3) is 11.3 Å². The fourth-order valence-electron chi connectivity index (χ4n) is 3.62. The molecule has 0 spiro atoms. The van der Waals surface area contributed by atoms with Crippen LogP contribution < -0.4 is 20.9 Å². The third-order valence-corrected chi connectivity index (χ3v) is 5.37. The summed E-state index contributed by atoms with van der Waals surface area (Å²) in [6.45, 7) is 1.31. The van der Waals surface area contributed by atoms with Gasteiger partial charge in [-0.1, -0.05) is 48.5 Å². The maximum atomic E-state index is 12.9. The lowest BCUT2D eigenvalue weighted by atomic mass is 10.00. The van der Waals surface area contributed by atoms with Crippen LogP contribution in [0.15, 0.2) is 78.9 Å². The van der Waals surface area contributed by atoms with E-state index in [0.29, 0.717) is 17.0 Å². The van der Waals surface area contributed by atoms with Crippen molar-refractivity contribution in [2.45, 2.75) is 6.92 Å². The summed E-state index contributed by atoms with van der Waals surface area (Å²) in [5, 5.41) is 8.84. The lowest BCUT2D eigenvalue weighted by Gasteiger charge is -2.19. The molecule has 0 atom stereocenters. The summed E-state index contributed by atoms with van der Waals surface area (Å²) in [5.41, 5.74) is 5.23. The van der Waals surface area contributed by atoms with E-state index in [1.165, 1.54) is 11.8 Å². The molecule has 0 unspecified atom stereocenters. The summed E-state index contributed by atoms with van der Waals surface area (Å²) in [5.74, 6) is -0.644. The van der Waals surface area contributed by atoms with E-state index >= 15 is 0 Å². The van der Waals surface area contributed by atoms with Gasteiger partial charge in [0.2, 0.25) is 11.8 Å². The van der Waals surface area contributed by atoms with Crippen LogP contribution in [0.1, 0.15) is 18.1 Å². The molecular formula is C26H24N4O3. The molecule has 166 valence electrons. The number of carbonyl (C=O) groups is 3. The highest BCUT2D eigenvalue weighted by molar-refractivity contribution is 6.37. The zero-order chi connectivity index (χ0) is 23.4. The van der Waals surface area contributed by atoms with Crippen LogP contribution in [-0.2, 0) is 14.4 Å². The first-order valence-electron chi connectivity index (χ1n) is 10.5. The van der Waals surface area contributed by atoms with Crippen LogP contribution in [0, 0.1) is 0 Å². The molecule has 7 heteroatoms. The Kier molecular flexibility index (Phi) is 6.22. The smallest absolute Gasteiger partial charge is 0.258 e. The first-order valence-corrected chi connectivity index (χ1v) is 10.5. The van der Waals surface area contributed by atoms with Gasteiger partial charge < -0.3 is 20.9 Å². The molecule has 0 radical (unpaired) electrons. The third kappa shape index (κ3) is 4.77. The first-order chi connectivity index (χ1) is 15.9. The molecular weight excluding hydrogens is 416 g/mol. The largest absolute Gasteiger partial charge is 0.354 e. The molecule has 0 fully saturated rings. The highest BCUT2D eigenvalue weighted by Gasteiger charge is 2.28. The van der Waals surface area contributed by atoms with E-state index in [1.54, 1.807) is 7.05 Å². The van der Waals surface area contributed by atoms with Crippen LogP contribution in [0.5, 0.6) is 0 Å². The molecule has 0 bridgehead atoms. The van der Waals surface area contributed by atoms with E-state index in [1.807, 2.05) is 78.9 Å². The predicted molar refractivity (Wildman–Crippen MR) is 130 cm³/mol. The summed E-state index contributed by atoms with van der Waals surface area (Å²) in [7, 11) is 1.66. The van der Waals surface area contributed by atoms with Crippen molar-refractivity contribution >= 4 is 46.1 Å². The van der Waals surface area contributed by atoms with Gasteiger partial charge in [0, 0.05) is 36.6 Å². The third-order valence-electron chi connectivity index (χ3n) is 5.37. The number of hydrogen-bond acceptors (Lipinski definition) is 4. The highest BCUT2D eigenvalue weighted by Crippen LogP contribution is 2.37. The molecule has 3 aromatic carbocycles. The number of likely N-dealkylation sites (N-methyl/N-ethyl adjacent to an activating group) is 1. The molecule has 0 aliphatic carbocycles. The number of fused-ring (bicyclic) bond motifs is 1. The number of para-hydroxylation sites is 1. The molecule has 0 saturated carbocycles. The minimum absolute atomic E-state index is 0.0649. The van der Waals surface area contributed by atoms with Crippen molar-refractivity contribution < 1.29 is 14.4 Å². The fraction of sp³-hybridized carbons (Fsp3) is 0.115. The number of nitrogens with zero attached hydrogens (tertiary/aromatic N) is 1. The summed E-state index contributed by atoms with van der Waals surface area (Å²) in [4.78, 5) is 37.7. The first kappa shape index (κ1) is 21.8. The van der Waals surface area contributed by atoms with Crippen molar-refractivity contribution in [1.29, 1.82) is 0 Å². The Morgan fingerprint density at radius 3 is 2.27 bits per heavy atom. The molecule has 3 amide bonds. The van der Waals surface area contributed by atoms with Gasteiger partial charge in [-0.15, -0.1) is 0 Å². The van der Waals surface area contributed by atoms with Gasteiger partial charge in [-0.25, -0.2) is 0 Å². The van der Waals surface area contributed by atoms with Crippen LogP contribution in [-0.4, -0.2) is 31.3 Å². The highest BCUT2D eigenvalue weighted by atomic mass is 16.2. The molecule has 4 rings (SSSR count). The zero-order valence-corrected chi connectivity index (χ0v) is 18.4. The van der Waals surface area contributed by atoms with Crippen molar-refractivity contribution in [3.05, 3.63) is 90.0 Å². The van der Waals surface area contributed by atoms with Crippen molar-refractivity contribution in [2.24, 2.45) is 0 Å². The Labute approximate surface area is 192 Å². The number of nitrogens with one attached hydrogen (secondary N) is 3. The number of rotatable bonds is 6. The fourth-order valence-corrected chi connectivity index (χ4v) is 3.62. The molecule has 1 heterocycles. The Morgan fingerprint density at radius 1 is 0.909 bits per heavy atom. The number of amides is 3. The monoisotopic (exact) mass is 440 g/mol. The Morgan fingerprint density at radius 2 is 1.58 bits per heavy atom. The lowest BCUT2D eigenvalue weighted by Crippen LogP contribution is -2.37. The standard InChI is InChI=1S/C26H24N4O3/c1-17(31)27-16-23(32)30(2)20-14-12-19(13-15-20)28-25(18-8-4-3-5-9-18)24-21-10-6-7-11-22(21)29-26(24)33/h3-15,28H,16H2,1-2H3,(H,27,31)(H,29,33)/b25-24-. The lowest BCUT2D eigenvalue weighted by molar-refractivity contribution is -0.123. The molecule has 1 aliphatic rings. The van der Waals surface area contributed by atoms with Gasteiger partial charge >= 0.3 is 0 Å². The number of anilines is 3.